The van der Waals surface area contributed by atoms with E-state index in [1.165, 1.54) is 12.1 Å². The van der Waals surface area contributed by atoms with Gasteiger partial charge in [0.1, 0.15) is 23.9 Å². The number of nitrogens with one attached hydrogen (secondary N) is 1. The Morgan fingerprint density at radius 1 is 1.16 bits per heavy atom. The molecule has 0 fully saturated rings. The predicted octanol–water partition coefficient (Wildman–Crippen LogP) is 4.89. The molecule has 0 bridgehead atoms. The van der Waals surface area contributed by atoms with Crippen LogP contribution in [-0.2, 0) is 22.6 Å². The minimum absolute atomic E-state index is 0.0492. The molecule has 4 rings (SSSR count). The number of benzene rings is 2. The molecule has 0 saturated carbocycles. The van der Waals surface area contributed by atoms with Gasteiger partial charge in [-0.25, -0.2) is 4.39 Å². The fourth-order valence-electron chi connectivity index (χ4n) is 4.54. The summed E-state index contributed by atoms with van der Waals surface area (Å²) in [5.74, 6) is 0.913. The first kappa shape index (κ1) is 26.4. The van der Waals surface area contributed by atoms with Crippen molar-refractivity contribution in [2.45, 2.75) is 39.3 Å². The van der Waals surface area contributed by atoms with Gasteiger partial charge in [0.05, 0.1) is 12.6 Å². The van der Waals surface area contributed by atoms with Crippen LogP contribution in [0.4, 0.5) is 4.39 Å². The average molecular weight is 509 g/mol. The van der Waals surface area contributed by atoms with Crippen molar-refractivity contribution < 1.29 is 27.9 Å². The SMILES string of the molecule is COCCNC(=O)c1ccc(COc2ccc3c(c2)[C@@H](c2cccc(F)c2)N(C(=O)CC(C)C)CC3)o1. The lowest BCUT2D eigenvalue weighted by molar-refractivity contribution is -0.134. The van der Waals surface area contributed by atoms with Gasteiger partial charge in [0.25, 0.3) is 5.91 Å². The first-order valence-corrected chi connectivity index (χ1v) is 12.5. The highest BCUT2D eigenvalue weighted by atomic mass is 19.1. The molecular formula is C29H33FN2O5. The lowest BCUT2D eigenvalue weighted by atomic mass is 9.87. The van der Waals surface area contributed by atoms with E-state index in [-0.39, 0.29) is 35.9 Å². The number of methoxy groups -OCH3 is 1. The number of halogens is 1. The number of fused-ring (bicyclic) bond motifs is 1. The van der Waals surface area contributed by atoms with Gasteiger partial charge < -0.3 is 24.1 Å². The Labute approximate surface area is 216 Å². The van der Waals surface area contributed by atoms with Gasteiger partial charge in [-0.1, -0.05) is 32.0 Å². The van der Waals surface area contributed by atoms with E-state index in [1.807, 2.05) is 43.0 Å². The van der Waals surface area contributed by atoms with Crippen LogP contribution in [0.25, 0.3) is 0 Å². The number of carbonyl (C=O) groups is 2. The van der Waals surface area contributed by atoms with Gasteiger partial charge >= 0.3 is 0 Å². The molecule has 1 aliphatic rings. The number of amides is 2. The maximum atomic E-state index is 14.2. The highest BCUT2D eigenvalue weighted by Gasteiger charge is 2.32. The van der Waals surface area contributed by atoms with Gasteiger partial charge in [-0.3, -0.25) is 9.59 Å². The molecule has 1 aromatic heterocycles. The minimum atomic E-state index is -0.403. The normalized spacial score (nSPS) is 14.9. The number of hydrogen-bond acceptors (Lipinski definition) is 5. The summed E-state index contributed by atoms with van der Waals surface area (Å²) in [5.41, 5.74) is 2.75. The van der Waals surface area contributed by atoms with Crippen molar-refractivity contribution in [1.29, 1.82) is 0 Å². The van der Waals surface area contributed by atoms with Crippen molar-refractivity contribution in [2.24, 2.45) is 5.92 Å². The largest absolute Gasteiger partial charge is 0.486 e. The Morgan fingerprint density at radius 3 is 2.76 bits per heavy atom. The van der Waals surface area contributed by atoms with Gasteiger partial charge in [0.2, 0.25) is 5.91 Å². The third kappa shape index (κ3) is 6.57. The summed E-state index contributed by atoms with van der Waals surface area (Å²) in [6.07, 6.45) is 1.14. The first-order valence-electron chi connectivity index (χ1n) is 12.5. The fraction of sp³-hybridized carbons (Fsp3) is 0.379. The molecule has 2 heterocycles. The second-order valence-electron chi connectivity index (χ2n) is 9.56. The Hall–Kier alpha value is -3.65. The topological polar surface area (TPSA) is 81.0 Å². The van der Waals surface area contributed by atoms with Gasteiger partial charge in [-0.15, -0.1) is 0 Å². The fourth-order valence-corrected chi connectivity index (χ4v) is 4.54. The van der Waals surface area contributed by atoms with E-state index in [0.717, 1.165) is 16.7 Å². The van der Waals surface area contributed by atoms with E-state index in [9.17, 15) is 14.0 Å². The summed E-state index contributed by atoms with van der Waals surface area (Å²) < 4.78 is 30.8. The molecule has 1 aliphatic heterocycles. The predicted molar refractivity (Wildman–Crippen MR) is 137 cm³/mol. The maximum absolute atomic E-state index is 14.2. The van der Waals surface area contributed by atoms with Crippen LogP contribution < -0.4 is 10.1 Å². The molecule has 0 radical (unpaired) electrons. The monoisotopic (exact) mass is 508 g/mol. The molecule has 3 aromatic rings. The highest BCUT2D eigenvalue weighted by Crippen LogP contribution is 2.38. The summed E-state index contributed by atoms with van der Waals surface area (Å²) in [4.78, 5) is 27.2. The molecule has 0 aliphatic carbocycles. The van der Waals surface area contributed by atoms with Gasteiger partial charge in [-0.2, -0.15) is 0 Å². The standard InChI is InChI=1S/C29H33FN2O5/c1-19(2)15-27(33)32-13-11-20-7-8-23(17-25(20)28(32)21-5-4-6-22(30)16-21)36-18-24-9-10-26(37-24)29(34)31-12-14-35-3/h4-10,16-17,19,28H,11-15,18H2,1-3H3,(H,31,34)/t28-/m1/s1. The Balaban J connectivity index is 1.54. The number of furan rings is 1. The van der Waals surface area contributed by atoms with Crippen LogP contribution in [0, 0.1) is 11.7 Å². The van der Waals surface area contributed by atoms with Crippen LogP contribution in [0.3, 0.4) is 0 Å². The Kier molecular flexibility index (Phi) is 8.61. The maximum Gasteiger partial charge on any atom is 0.287 e. The molecule has 2 amide bonds. The van der Waals surface area contributed by atoms with Gasteiger partial charge in [0, 0.05) is 26.6 Å². The lowest BCUT2D eigenvalue weighted by Gasteiger charge is -2.38. The van der Waals surface area contributed by atoms with E-state index < -0.39 is 6.04 Å². The van der Waals surface area contributed by atoms with E-state index in [2.05, 4.69) is 5.32 Å². The molecule has 0 spiro atoms. The molecule has 1 atom stereocenters. The Bertz CT molecular complexity index is 1240. The molecule has 37 heavy (non-hydrogen) atoms. The van der Waals surface area contributed by atoms with Crippen molar-refractivity contribution in [3.05, 3.63) is 88.6 Å². The number of hydrogen-bond donors (Lipinski definition) is 1. The van der Waals surface area contributed by atoms with Crippen molar-refractivity contribution in [2.75, 3.05) is 26.8 Å². The third-order valence-corrected chi connectivity index (χ3v) is 6.27. The molecule has 2 aromatic carbocycles. The summed E-state index contributed by atoms with van der Waals surface area (Å²) in [6, 6.07) is 15.1. The summed E-state index contributed by atoms with van der Waals surface area (Å²) in [5, 5.41) is 2.71. The number of ether oxygens (including phenoxy) is 2. The Morgan fingerprint density at radius 2 is 2.00 bits per heavy atom. The van der Waals surface area contributed by atoms with E-state index in [1.54, 1.807) is 25.3 Å². The van der Waals surface area contributed by atoms with E-state index in [0.29, 0.717) is 44.0 Å². The van der Waals surface area contributed by atoms with Gasteiger partial charge in [0.15, 0.2) is 5.76 Å². The van der Waals surface area contributed by atoms with Crippen LogP contribution in [0.15, 0.2) is 59.0 Å². The second kappa shape index (κ2) is 12.1. The smallest absolute Gasteiger partial charge is 0.287 e. The molecule has 0 unspecified atom stereocenters. The molecule has 7 nitrogen and oxygen atoms in total. The zero-order valence-corrected chi connectivity index (χ0v) is 21.5. The van der Waals surface area contributed by atoms with Crippen LogP contribution in [0.1, 0.15) is 59.3 Å². The summed E-state index contributed by atoms with van der Waals surface area (Å²) in [6.45, 7) is 5.54. The van der Waals surface area contributed by atoms with Crippen LogP contribution in [-0.4, -0.2) is 43.5 Å². The van der Waals surface area contributed by atoms with E-state index >= 15 is 0 Å². The molecular weight excluding hydrogens is 475 g/mol. The highest BCUT2D eigenvalue weighted by molar-refractivity contribution is 5.91. The quantitative estimate of drug-likeness (QED) is 0.394. The number of nitrogens with zero attached hydrogens (tertiary/aromatic N) is 1. The van der Waals surface area contributed by atoms with Gasteiger partial charge in [-0.05, 0) is 65.4 Å². The van der Waals surface area contributed by atoms with Crippen LogP contribution in [0.2, 0.25) is 0 Å². The molecule has 0 saturated heterocycles. The minimum Gasteiger partial charge on any atom is -0.486 e. The van der Waals surface area contributed by atoms with Crippen LogP contribution >= 0.6 is 0 Å². The second-order valence-corrected chi connectivity index (χ2v) is 9.56. The van der Waals surface area contributed by atoms with Crippen LogP contribution in [0.5, 0.6) is 5.75 Å². The first-order chi connectivity index (χ1) is 17.9. The van der Waals surface area contributed by atoms with Crippen molar-refractivity contribution in [3.8, 4) is 5.75 Å². The number of carbonyl (C=O) groups excluding carboxylic acids is 2. The molecule has 8 heteroatoms. The molecule has 1 N–H and O–H groups in total. The zero-order valence-electron chi connectivity index (χ0n) is 21.5. The average Bonchev–Trinajstić information content (AvgIpc) is 3.35. The number of rotatable bonds is 10. The molecule has 196 valence electrons. The summed E-state index contributed by atoms with van der Waals surface area (Å²) >= 11 is 0. The summed E-state index contributed by atoms with van der Waals surface area (Å²) in [7, 11) is 1.57. The van der Waals surface area contributed by atoms with Crippen molar-refractivity contribution >= 4 is 11.8 Å². The lowest BCUT2D eigenvalue weighted by Crippen LogP contribution is -2.41. The van der Waals surface area contributed by atoms with E-state index in [4.69, 9.17) is 13.9 Å². The third-order valence-electron chi connectivity index (χ3n) is 6.27. The van der Waals surface area contributed by atoms with Crippen molar-refractivity contribution in [3.63, 3.8) is 0 Å². The van der Waals surface area contributed by atoms with Crippen molar-refractivity contribution in [1.82, 2.24) is 10.2 Å². The zero-order chi connectivity index (χ0) is 26.4.